The van der Waals surface area contributed by atoms with Crippen LogP contribution in [0.1, 0.15) is 5.56 Å². The molecule has 1 aliphatic rings. The fourth-order valence-electron chi connectivity index (χ4n) is 2.46. The molecular formula is C14H22N2O. The van der Waals surface area contributed by atoms with Crippen LogP contribution in [-0.2, 0) is 11.3 Å². The van der Waals surface area contributed by atoms with Crippen LogP contribution in [0.15, 0.2) is 30.3 Å². The quantitative estimate of drug-likeness (QED) is 0.832. The van der Waals surface area contributed by atoms with Gasteiger partial charge in [0.15, 0.2) is 0 Å². The SMILES string of the molecule is CNC1COCC1CN(C)Cc1ccccc1. The summed E-state index contributed by atoms with van der Waals surface area (Å²) in [6.45, 7) is 3.82. The molecule has 3 nitrogen and oxygen atoms in total. The summed E-state index contributed by atoms with van der Waals surface area (Å²) >= 11 is 0. The lowest BCUT2D eigenvalue weighted by molar-refractivity contribution is 0.172. The maximum Gasteiger partial charge on any atom is 0.0623 e. The molecule has 0 bridgehead atoms. The summed E-state index contributed by atoms with van der Waals surface area (Å²) in [5, 5.41) is 3.33. The highest BCUT2D eigenvalue weighted by atomic mass is 16.5. The first kappa shape index (κ1) is 12.6. The van der Waals surface area contributed by atoms with Gasteiger partial charge < -0.3 is 15.0 Å². The number of rotatable bonds is 5. The summed E-state index contributed by atoms with van der Waals surface area (Å²) in [7, 11) is 4.20. The van der Waals surface area contributed by atoms with Gasteiger partial charge in [-0.3, -0.25) is 0 Å². The maximum absolute atomic E-state index is 5.52. The monoisotopic (exact) mass is 234 g/mol. The first-order valence-corrected chi connectivity index (χ1v) is 6.27. The van der Waals surface area contributed by atoms with E-state index in [1.807, 2.05) is 7.05 Å². The molecule has 1 fully saturated rings. The summed E-state index contributed by atoms with van der Waals surface area (Å²) in [5.41, 5.74) is 1.37. The second-order valence-corrected chi connectivity index (χ2v) is 4.88. The predicted molar refractivity (Wildman–Crippen MR) is 69.9 cm³/mol. The molecule has 2 rings (SSSR count). The molecule has 1 heterocycles. The number of benzene rings is 1. The zero-order valence-corrected chi connectivity index (χ0v) is 10.7. The van der Waals surface area contributed by atoms with Gasteiger partial charge in [-0.2, -0.15) is 0 Å². The van der Waals surface area contributed by atoms with Gasteiger partial charge in [0.25, 0.3) is 0 Å². The smallest absolute Gasteiger partial charge is 0.0623 e. The molecule has 0 saturated carbocycles. The Morgan fingerprint density at radius 1 is 1.29 bits per heavy atom. The van der Waals surface area contributed by atoms with Crippen molar-refractivity contribution in [1.82, 2.24) is 10.2 Å². The lowest BCUT2D eigenvalue weighted by atomic mass is 10.0. The molecule has 0 spiro atoms. The van der Waals surface area contributed by atoms with Crippen molar-refractivity contribution in [2.24, 2.45) is 5.92 Å². The average molecular weight is 234 g/mol. The minimum Gasteiger partial charge on any atom is -0.379 e. The van der Waals surface area contributed by atoms with Crippen LogP contribution in [-0.4, -0.2) is 44.8 Å². The van der Waals surface area contributed by atoms with Crippen LogP contribution in [0.3, 0.4) is 0 Å². The first-order valence-electron chi connectivity index (χ1n) is 6.27. The van der Waals surface area contributed by atoms with Crippen LogP contribution in [0.2, 0.25) is 0 Å². The van der Waals surface area contributed by atoms with E-state index in [0.717, 1.165) is 26.3 Å². The van der Waals surface area contributed by atoms with Gasteiger partial charge in [-0.05, 0) is 19.7 Å². The van der Waals surface area contributed by atoms with Crippen LogP contribution < -0.4 is 5.32 Å². The number of hydrogen-bond acceptors (Lipinski definition) is 3. The number of likely N-dealkylation sites (N-methyl/N-ethyl adjacent to an activating group) is 1. The van der Waals surface area contributed by atoms with Crippen molar-refractivity contribution in [2.75, 3.05) is 33.9 Å². The van der Waals surface area contributed by atoms with Crippen molar-refractivity contribution < 1.29 is 4.74 Å². The molecule has 0 radical (unpaired) electrons. The van der Waals surface area contributed by atoms with E-state index in [1.165, 1.54) is 5.56 Å². The van der Waals surface area contributed by atoms with Crippen molar-refractivity contribution in [3.63, 3.8) is 0 Å². The molecule has 94 valence electrons. The van der Waals surface area contributed by atoms with Gasteiger partial charge in [-0.25, -0.2) is 0 Å². The van der Waals surface area contributed by atoms with Gasteiger partial charge in [0.05, 0.1) is 13.2 Å². The number of ether oxygens (including phenoxy) is 1. The summed E-state index contributed by atoms with van der Waals surface area (Å²) in [6.07, 6.45) is 0. The van der Waals surface area contributed by atoms with Gasteiger partial charge in [0.1, 0.15) is 0 Å². The summed E-state index contributed by atoms with van der Waals surface area (Å²) < 4.78 is 5.52. The fraction of sp³-hybridized carbons (Fsp3) is 0.571. The lowest BCUT2D eigenvalue weighted by Gasteiger charge is -2.24. The van der Waals surface area contributed by atoms with Gasteiger partial charge in [-0.1, -0.05) is 30.3 Å². The van der Waals surface area contributed by atoms with E-state index in [4.69, 9.17) is 4.74 Å². The molecular weight excluding hydrogens is 212 g/mol. The van der Waals surface area contributed by atoms with Crippen molar-refractivity contribution in [2.45, 2.75) is 12.6 Å². The maximum atomic E-state index is 5.52. The van der Waals surface area contributed by atoms with Crippen LogP contribution in [0.4, 0.5) is 0 Å². The van der Waals surface area contributed by atoms with Gasteiger partial charge in [0.2, 0.25) is 0 Å². The molecule has 1 aromatic carbocycles. The normalized spacial score (nSPS) is 24.4. The van der Waals surface area contributed by atoms with Crippen LogP contribution >= 0.6 is 0 Å². The molecule has 1 saturated heterocycles. The largest absolute Gasteiger partial charge is 0.379 e. The van der Waals surface area contributed by atoms with Gasteiger partial charge >= 0.3 is 0 Å². The number of nitrogens with zero attached hydrogens (tertiary/aromatic N) is 1. The Labute approximate surface area is 104 Å². The lowest BCUT2D eigenvalue weighted by Crippen LogP contribution is -2.38. The molecule has 17 heavy (non-hydrogen) atoms. The highest BCUT2D eigenvalue weighted by Crippen LogP contribution is 2.15. The second-order valence-electron chi connectivity index (χ2n) is 4.88. The molecule has 3 heteroatoms. The van der Waals surface area contributed by atoms with E-state index in [9.17, 15) is 0 Å². The topological polar surface area (TPSA) is 24.5 Å². The second kappa shape index (κ2) is 6.15. The van der Waals surface area contributed by atoms with Gasteiger partial charge in [0, 0.05) is 25.0 Å². The molecule has 0 aliphatic carbocycles. The van der Waals surface area contributed by atoms with Crippen molar-refractivity contribution in [3.8, 4) is 0 Å². The average Bonchev–Trinajstić information content (AvgIpc) is 2.77. The Kier molecular flexibility index (Phi) is 4.54. The highest BCUT2D eigenvalue weighted by molar-refractivity contribution is 5.14. The highest BCUT2D eigenvalue weighted by Gasteiger charge is 2.27. The third kappa shape index (κ3) is 3.53. The van der Waals surface area contributed by atoms with Crippen LogP contribution in [0, 0.1) is 5.92 Å². The van der Waals surface area contributed by atoms with Crippen molar-refractivity contribution >= 4 is 0 Å². The number of nitrogens with one attached hydrogen (secondary N) is 1. The zero-order valence-electron chi connectivity index (χ0n) is 10.7. The van der Waals surface area contributed by atoms with E-state index in [-0.39, 0.29) is 0 Å². The Balaban J connectivity index is 1.83. The minimum atomic E-state index is 0.508. The molecule has 2 atom stereocenters. The Morgan fingerprint density at radius 3 is 2.76 bits per heavy atom. The van der Waals surface area contributed by atoms with Crippen LogP contribution in [0.25, 0.3) is 0 Å². The number of hydrogen-bond donors (Lipinski definition) is 1. The Hall–Kier alpha value is -0.900. The van der Waals surface area contributed by atoms with E-state index < -0.39 is 0 Å². The molecule has 0 amide bonds. The van der Waals surface area contributed by atoms with E-state index in [0.29, 0.717) is 12.0 Å². The molecule has 0 aromatic heterocycles. The molecule has 2 unspecified atom stereocenters. The van der Waals surface area contributed by atoms with Gasteiger partial charge in [-0.15, -0.1) is 0 Å². The fourth-order valence-corrected chi connectivity index (χ4v) is 2.46. The minimum absolute atomic E-state index is 0.508. The summed E-state index contributed by atoms with van der Waals surface area (Å²) in [5.74, 6) is 0.605. The van der Waals surface area contributed by atoms with Crippen molar-refractivity contribution in [3.05, 3.63) is 35.9 Å². The standard InChI is InChI=1S/C14H22N2O/c1-15-14-11-17-10-13(14)9-16(2)8-12-6-4-3-5-7-12/h3-7,13-15H,8-11H2,1-2H3. The first-order chi connectivity index (χ1) is 8.29. The Bertz CT molecular complexity index is 328. The third-order valence-electron chi connectivity index (χ3n) is 3.41. The van der Waals surface area contributed by atoms with E-state index in [2.05, 4.69) is 47.6 Å². The summed E-state index contributed by atoms with van der Waals surface area (Å²) in [4.78, 5) is 2.37. The molecule has 1 aromatic rings. The van der Waals surface area contributed by atoms with E-state index in [1.54, 1.807) is 0 Å². The molecule has 1 N–H and O–H groups in total. The predicted octanol–water partition coefficient (Wildman–Crippen LogP) is 1.35. The zero-order chi connectivity index (χ0) is 12.1. The summed E-state index contributed by atoms with van der Waals surface area (Å²) in [6, 6.07) is 11.1. The Morgan fingerprint density at radius 2 is 2.06 bits per heavy atom. The van der Waals surface area contributed by atoms with Crippen LogP contribution in [0.5, 0.6) is 0 Å². The van der Waals surface area contributed by atoms with E-state index >= 15 is 0 Å². The third-order valence-corrected chi connectivity index (χ3v) is 3.41. The molecule has 1 aliphatic heterocycles. The van der Waals surface area contributed by atoms with Crippen molar-refractivity contribution in [1.29, 1.82) is 0 Å².